The fraction of sp³-hybridized carbons (Fsp3) is 0.500. The average molecular weight is 261 g/mol. The Hall–Kier alpha value is -1.75. The van der Waals surface area contributed by atoms with Gasteiger partial charge in [-0.25, -0.2) is 0 Å². The monoisotopic (exact) mass is 261 g/mol. The minimum atomic E-state index is -0.404. The molecule has 0 aromatic heterocycles. The van der Waals surface area contributed by atoms with E-state index in [2.05, 4.69) is 17.3 Å². The lowest BCUT2D eigenvalue weighted by Gasteiger charge is -2.36. The van der Waals surface area contributed by atoms with Crippen molar-refractivity contribution in [2.45, 2.75) is 6.10 Å². The molecule has 0 bridgehead atoms. The highest BCUT2D eigenvalue weighted by atomic mass is 16.5. The van der Waals surface area contributed by atoms with Crippen LogP contribution in [-0.4, -0.2) is 61.6 Å². The smallest absolute Gasteiger partial charge is 0.265 e. The number of nitrogens with one attached hydrogen (secondary N) is 1. The number of para-hydroxylation sites is 2. The molecule has 0 aliphatic carbocycles. The van der Waals surface area contributed by atoms with Crippen LogP contribution in [0.2, 0.25) is 0 Å². The molecule has 5 nitrogen and oxygen atoms in total. The molecule has 2 aliphatic heterocycles. The zero-order valence-electron chi connectivity index (χ0n) is 11.1. The van der Waals surface area contributed by atoms with Crippen LogP contribution in [-0.2, 0) is 4.79 Å². The van der Waals surface area contributed by atoms with Crippen molar-refractivity contribution in [3.05, 3.63) is 24.3 Å². The van der Waals surface area contributed by atoms with Gasteiger partial charge in [0.05, 0.1) is 12.2 Å². The number of amides is 1. The summed E-state index contributed by atoms with van der Waals surface area (Å²) in [6.07, 6.45) is -0.404. The van der Waals surface area contributed by atoms with E-state index < -0.39 is 6.10 Å². The molecule has 0 spiro atoms. The summed E-state index contributed by atoms with van der Waals surface area (Å²) in [4.78, 5) is 16.6. The van der Waals surface area contributed by atoms with Crippen LogP contribution < -0.4 is 10.1 Å². The maximum Gasteiger partial charge on any atom is 0.265 e. The van der Waals surface area contributed by atoms with E-state index in [1.54, 1.807) is 0 Å². The summed E-state index contributed by atoms with van der Waals surface area (Å²) in [7, 11) is 2.08. The molecule has 2 aliphatic rings. The number of hydrogen-bond donors (Lipinski definition) is 1. The molecule has 0 saturated carbocycles. The van der Waals surface area contributed by atoms with Crippen LogP contribution in [0, 0.1) is 0 Å². The second kappa shape index (κ2) is 5.09. The SMILES string of the molecule is CN1CCN(C(=O)[C@H]2CNc3ccccc3O2)CC1. The molecular formula is C14H19N3O2. The Morgan fingerprint density at radius 3 is 2.79 bits per heavy atom. The Balaban J connectivity index is 1.66. The number of piperazine rings is 1. The van der Waals surface area contributed by atoms with Crippen LogP contribution in [0.1, 0.15) is 0 Å². The van der Waals surface area contributed by atoms with Crippen molar-refractivity contribution in [3.63, 3.8) is 0 Å². The van der Waals surface area contributed by atoms with Crippen molar-refractivity contribution in [1.29, 1.82) is 0 Å². The van der Waals surface area contributed by atoms with Crippen molar-refractivity contribution in [2.75, 3.05) is 45.1 Å². The summed E-state index contributed by atoms with van der Waals surface area (Å²) in [6, 6.07) is 7.73. The topological polar surface area (TPSA) is 44.8 Å². The standard InChI is InChI=1S/C14H19N3O2/c1-16-6-8-17(9-7-16)14(18)13-10-15-11-4-2-3-5-12(11)19-13/h2-5,13,15H,6-10H2,1H3/t13-/m1/s1. The van der Waals surface area contributed by atoms with Gasteiger partial charge in [-0.15, -0.1) is 0 Å². The number of rotatable bonds is 1. The maximum atomic E-state index is 12.4. The molecule has 2 heterocycles. The lowest BCUT2D eigenvalue weighted by atomic mass is 10.2. The van der Waals surface area contributed by atoms with Gasteiger partial charge in [0.15, 0.2) is 6.10 Å². The van der Waals surface area contributed by atoms with Gasteiger partial charge < -0.3 is 19.9 Å². The molecule has 102 valence electrons. The molecule has 1 atom stereocenters. The van der Waals surface area contributed by atoms with Crippen LogP contribution in [0.3, 0.4) is 0 Å². The van der Waals surface area contributed by atoms with E-state index in [1.807, 2.05) is 29.2 Å². The van der Waals surface area contributed by atoms with E-state index in [0.29, 0.717) is 6.54 Å². The molecule has 19 heavy (non-hydrogen) atoms. The van der Waals surface area contributed by atoms with Gasteiger partial charge >= 0.3 is 0 Å². The predicted molar refractivity (Wildman–Crippen MR) is 73.4 cm³/mol. The number of benzene rings is 1. The molecule has 0 radical (unpaired) electrons. The van der Waals surface area contributed by atoms with Crippen LogP contribution in [0.5, 0.6) is 5.75 Å². The van der Waals surface area contributed by atoms with Crippen molar-refractivity contribution < 1.29 is 9.53 Å². The molecule has 1 aromatic carbocycles. The Labute approximate surface area is 113 Å². The Morgan fingerprint density at radius 2 is 2.00 bits per heavy atom. The number of nitrogens with zero attached hydrogens (tertiary/aromatic N) is 2. The summed E-state index contributed by atoms with van der Waals surface area (Å²) < 4.78 is 5.81. The van der Waals surface area contributed by atoms with E-state index in [9.17, 15) is 4.79 Å². The second-order valence-corrected chi connectivity index (χ2v) is 5.11. The first-order chi connectivity index (χ1) is 9.24. The number of ether oxygens (including phenoxy) is 1. The molecule has 1 amide bonds. The van der Waals surface area contributed by atoms with Gasteiger partial charge in [-0.05, 0) is 19.2 Å². The highest BCUT2D eigenvalue weighted by Gasteiger charge is 2.30. The predicted octanol–water partition coefficient (Wildman–Crippen LogP) is 0.633. The second-order valence-electron chi connectivity index (χ2n) is 5.11. The Bertz CT molecular complexity index is 470. The number of fused-ring (bicyclic) bond motifs is 1. The van der Waals surface area contributed by atoms with E-state index >= 15 is 0 Å². The number of carbonyl (C=O) groups excluding carboxylic acids is 1. The first-order valence-corrected chi connectivity index (χ1v) is 6.71. The minimum absolute atomic E-state index is 0.0927. The fourth-order valence-corrected chi connectivity index (χ4v) is 2.48. The molecular weight excluding hydrogens is 242 g/mol. The zero-order chi connectivity index (χ0) is 13.2. The zero-order valence-corrected chi connectivity index (χ0v) is 11.1. The third-order valence-electron chi connectivity index (χ3n) is 3.72. The van der Waals surface area contributed by atoms with E-state index in [0.717, 1.165) is 37.6 Å². The van der Waals surface area contributed by atoms with Crippen LogP contribution in [0.4, 0.5) is 5.69 Å². The normalized spacial score (nSPS) is 23.2. The van der Waals surface area contributed by atoms with Crippen LogP contribution in [0.15, 0.2) is 24.3 Å². The summed E-state index contributed by atoms with van der Waals surface area (Å²) >= 11 is 0. The maximum absolute atomic E-state index is 12.4. The van der Waals surface area contributed by atoms with Crippen molar-refractivity contribution in [3.8, 4) is 5.75 Å². The van der Waals surface area contributed by atoms with Crippen molar-refractivity contribution in [2.24, 2.45) is 0 Å². The van der Waals surface area contributed by atoms with Crippen LogP contribution >= 0.6 is 0 Å². The van der Waals surface area contributed by atoms with Gasteiger partial charge in [-0.3, -0.25) is 4.79 Å². The van der Waals surface area contributed by atoms with E-state index in [4.69, 9.17) is 4.74 Å². The molecule has 0 unspecified atom stereocenters. The highest BCUT2D eigenvalue weighted by molar-refractivity contribution is 5.83. The van der Waals surface area contributed by atoms with Crippen LogP contribution in [0.25, 0.3) is 0 Å². The van der Waals surface area contributed by atoms with Gasteiger partial charge in [0, 0.05) is 26.2 Å². The van der Waals surface area contributed by atoms with Gasteiger partial charge in [-0.1, -0.05) is 12.1 Å². The lowest BCUT2D eigenvalue weighted by molar-refractivity contribution is -0.139. The third-order valence-corrected chi connectivity index (χ3v) is 3.72. The van der Waals surface area contributed by atoms with Crippen molar-refractivity contribution >= 4 is 11.6 Å². The quantitative estimate of drug-likeness (QED) is 0.805. The first-order valence-electron chi connectivity index (χ1n) is 6.71. The Morgan fingerprint density at radius 1 is 1.26 bits per heavy atom. The summed E-state index contributed by atoms with van der Waals surface area (Å²) in [5.41, 5.74) is 0.963. The Kier molecular flexibility index (Phi) is 3.29. The number of anilines is 1. The van der Waals surface area contributed by atoms with Gasteiger partial charge in [0.2, 0.25) is 0 Å². The molecule has 1 N–H and O–H groups in total. The number of hydrogen-bond acceptors (Lipinski definition) is 4. The molecule has 3 rings (SSSR count). The molecule has 1 saturated heterocycles. The third kappa shape index (κ3) is 2.51. The summed E-state index contributed by atoms with van der Waals surface area (Å²) in [5, 5.41) is 3.26. The molecule has 5 heteroatoms. The van der Waals surface area contributed by atoms with E-state index in [1.165, 1.54) is 0 Å². The number of likely N-dealkylation sites (N-methyl/N-ethyl adjacent to an activating group) is 1. The van der Waals surface area contributed by atoms with Crippen molar-refractivity contribution in [1.82, 2.24) is 9.80 Å². The first kappa shape index (κ1) is 12.3. The molecule has 1 fully saturated rings. The summed E-state index contributed by atoms with van der Waals surface area (Å²) in [6.45, 7) is 3.99. The molecule has 1 aromatic rings. The number of carbonyl (C=O) groups is 1. The van der Waals surface area contributed by atoms with Gasteiger partial charge in [0.25, 0.3) is 5.91 Å². The average Bonchev–Trinajstić information content (AvgIpc) is 2.47. The van der Waals surface area contributed by atoms with Gasteiger partial charge in [0.1, 0.15) is 5.75 Å². The highest BCUT2D eigenvalue weighted by Crippen LogP contribution is 2.28. The van der Waals surface area contributed by atoms with E-state index in [-0.39, 0.29) is 5.91 Å². The minimum Gasteiger partial charge on any atom is -0.477 e. The fourth-order valence-electron chi connectivity index (χ4n) is 2.48. The lowest BCUT2D eigenvalue weighted by Crippen LogP contribution is -2.53. The summed E-state index contributed by atoms with van der Waals surface area (Å²) in [5.74, 6) is 0.858. The largest absolute Gasteiger partial charge is 0.477 e. The van der Waals surface area contributed by atoms with Gasteiger partial charge in [-0.2, -0.15) is 0 Å².